The SMILES string of the molecule is COc1cc(-n2ccnc2)c([N+](=O)[O-])cc1OC. The number of hydrogen-bond acceptors (Lipinski definition) is 5. The average Bonchev–Trinajstić information content (AvgIpc) is 2.90. The van der Waals surface area contributed by atoms with E-state index < -0.39 is 4.92 Å². The molecule has 0 spiro atoms. The van der Waals surface area contributed by atoms with Gasteiger partial charge in [-0.05, 0) is 0 Å². The summed E-state index contributed by atoms with van der Waals surface area (Å²) in [5.41, 5.74) is 0.292. The molecule has 1 heterocycles. The number of ether oxygens (including phenoxy) is 2. The van der Waals surface area contributed by atoms with Crippen molar-refractivity contribution in [3.63, 3.8) is 0 Å². The van der Waals surface area contributed by atoms with Crippen LogP contribution in [0.5, 0.6) is 11.5 Å². The van der Waals surface area contributed by atoms with Gasteiger partial charge in [0, 0.05) is 18.5 Å². The van der Waals surface area contributed by atoms with Crippen molar-refractivity contribution < 1.29 is 14.4 Å². The molecule has 7 heteroatoms. The maximum atomic E-state index is 11.1. The van der Waals surface area contributed by atoms with Crippen molar-refractivity contribution in [2.75, 3.05) is 14.2 Å². The summed E-state index contributed by atoms with van der Waals surface area (Å²) in [6, 6.07) is 2.87. The number of benzene rings is 1. The molecule has 0 amide bonds. The molecule has 0 unspecified atom stereocenters. The Hall–Kier alpha value is -2.57. The zero-order chi connectivity index (χ0) is 13.1. The molecule has 0 aliphatic rings. The van der Waals surface area contributed by atoms with Gasteiger partial charge in [0.05, 0.1) is 31.5 Å². The van der Waals surface area contributed by atoms with E-state index in [-0.39, 0.29) is 5.69 Å². The van der Waals surface area contributed by atoms with Crippen molar-refractivity contribution in [3.8, 4) is 17.2 Å². The largest absolute Gasteiger partial charge is 0.493 e. The van der Waals surface area contributed by atoms with Gasteiger partial charge in [0.25, 0.3) is 5.69 Å². The van der Waals surface area contributed by atoms with Crippen molar-refractivity contribution in [2.24, 2.45) is 0 Å². The highest BCUT2D eigenvalue weighted by Gasteiger charge is 2.20. The molecule has 0 saturated heterocycles. The van der Waals surface area contributed by atoms with E-state index in [0.29, 0.717) is 17.2 Å². The van der Waals surface area contributed by atoms with E-state index >= 15 is 0 Å². The van der Waals surface area contributed by atoms with Gasteiger partial charge in [0.1, 0.15) is 5.69 Å². The first kappa shape index (κ1) is 11.9. The molecule has 0 radical (unpaired) electrons. The summed E-state index contributed by atoms with van der Waals surface area (Å²) in [7, 11) is 2.90. The van der Waals surface area contributed by atoms with Crippen molar-refractivity contribution in [2.45, 2.75) is 0 Å². The standard InChI is InChI=1S/C11H11N3O4/c1-17-10-5-8(13-4-3-12-7-13)9(14(15)16)6-11(10)18-2/h3-7H,1-2H3. The molecule has 0 aliphatic heterocycles. The van der Waals surface area contributed by atoms with Crippen LogP contribution in [0, 0.1) is 10.1 Å². The highest BCUT2D eigenvalue weighted by atomic mass is 16.6. The van der Waals surface area contributed by atoms with Crippen molar-refractivity contribution in [1.82, 2.24) is 9.55 Å². The van der Waals surface area contributed by atoms with E-state index in [9.17, 15) is 10.1 Å². The van der Waals surface area contributed by atoms with Gasteiger partial charge in [-0.25, -0.2) is 4.98 Å². The minimum absolute atomic E-state index is 0.0781. The lowest BCUT2D eigenvalue weighted by atomic mass is 10.2. The maximum Gasteiger partial charge on any atom is 0.297 e. The zero-order valence-corrected chi connectivity index (χ0v) is 9.86. The Morgan fingerprint density at radius 2 is 1.94 bits per heavy atom. The fourth-order valence-electron chi connectivity index (χ4n) is 1.61. The van der Waals surface area contributed by atoms with E-state index in [1.807, 2.05) is 0 Å². The van der Waals surface area contributed by atoms with Crippen LogP contribution >= 0.6 is 0 Å². The van der Waals surface area contributed by atoms with Crippen LogP contribution in [-0.2, 0) is 0 Å². The van der Waals surface area contributed by atoms with E-state index in [4.69, 9.17) is 9.47 Å². The highest BCUT2D eigenvalue weighted by Crippen LogP contribution is 2.36. The molecular formula is C11H11N3O4. The Bertz CT molecular complexity index is 566. The number of rotatable bonds is 4. The predicted molar refractivity (Wildman–Crippen MR) is 63.3 cm³/mol. The molecule has 0 bridgehead atoms. The molecule has 2 rings (SSSR count). The number of nitro benzene ring substituents is 1. The van der Waals surface area contributed by atoms with Crippen LogP contribution in [0.1, 0.15) is 0 Å². The second-order valence-electron chi connectivity index (χ2n) is 3.42. The lowest BCUT2D eigenvalue weighted by molar-refractivity contribution is -0.384. The van der Waals surface area contributed by atoms with Crippen LogP contribution in [0.15, 0.2) is 30.9 Å². The molecule has 0 saturated carbocycles. The number of nitrogens with zero attached hydrogens (tertiary/aromatic N) is 3. The summed E-state index contributed by atoms with van der Waals surface area (Å²) in [5, 5.41) is 11.1. The van der Waals surface area contributed by atoms with Crippen LogP contribution < -0.4 is 9.47 Å². The first-order valence-electron chi connectivity index (χ1n) is 5.06. The summed E-state index contributed by atoms with van der Waals surface area (Å²) in [4.78, 5) is 14.5. The van der Waals surface area contributed by atoms with E-state index in [0.717, 1.165) is 0 Å². The Morgan fingerprint density at radius 1 is 1.28 bits per heavy atom. The highest BCUT2D eigenvalue weighted by molar-refractivity contribution is 5.61. The normalized spacial score (nSPS) is 10.1. The van der Waals surface area contributed by atoms with Crippen LogP contribution in [0.2, 0.25) is 0 Å². The van der Waals surface area contributed by atoms with Crippen LogP contribution in [0.4, 0.5) is 5.69 Å². The summed E-state index contributed by atoms with van der Waals surface area (Å²) in [5.74, 6) is 0.736. The Labute approximate surface area is 103 Å². The van der Waals surface area contributed by atoms with Crippen LogP contribution in [-0.4, -0.2) is 28.7 Å². The minimum atomic E-state index is -0.475. The summed E-state index contributed by atoms with van der Waals surface area (Å²) < 4.78 is 11.7. The second-order valence-corrected chi connectivity index (χ2v) is 3.42. The van der Waals surface area contributed by atoms with Crippen molar-refractivity contribution >= 4 is 5.69 Å². The van der Waals surface area contributed by atoms with Crippen LogP contribution in [0.3, 0.4) is 0 Å². The molecule has 7 nitrogen and oxygen atoms in total. The third kappa shape index (κ3) is 1.97. The predicted octanol–water partition coefficient (Wildman–Crippen LogP) is 1.80. The van der Waals surface area contributed by atoms with Crippen molar-refractivity contribution in [3.05, 3.63) is 41.0 Å². The van der Waals surface area contributed by atoms with Crippen molar-refractivity contribution in [1.29, 1.82) is 0 Å². The smallest absolute Gasteiger partial charge is 0.297 e. The molecule has 2 aromatic rings. The molecule has 0 atom stereocenters. The Morgan fingerprint density at radius 3 is 2.44 bits per heavy atom. The maximum absolute atomic E-state index is 11.1. The van der Waals surface area contributed by atoms with E-state index in [1.165, 1.54) is 26.6 Å². The van der Waals surface area contributed by atoms with Crippen LogP contribution in [0.25, 0.3) is 5.69 Å². The quantitative estimate of drug-likeness (QED) is 0.609. The lowest BCUT2D eigenvalue weighted by Crippen LogP contribution is -2.01. The summed E-state index contributed by atoms with van der Waals surface area (Å²) >= 11 is 0. The van der Waals surface area contributed by atoms with Gasteiger partial charge < -0.3 is 14.0 Å². The molecule has 0 fully saturated rings. The van der Waals surface area contributed by atoms with E-state index in [2.05, 4.69) is 4.98 Å². The first-order valence-corrected chi connectivity index (χ1v) is 5.06. The molecule has 94 valence electrons. The van der Waals surface area contributed by atoms with Gasteiger partial charge in [-0.3, -0.25) is 10.1 Å². The third-order valence-electron chi connectivity index (χ3n) is 2.46. The number of nitro groups is 1. The zero-order valence-electron chi connectivity index (χ0n) is 9.86. The average molecular weight is 249 g/mol. The first-order chi connectivity index (χ1) is 8.67. The third-order valence-corrected chi connectivity index (χ3v) is 2.46. The van der Waals surface area contributed by atoms with Gasteiger partial charge in [-0.1, -0.05) is 0 Å². The minimum Gasteiger partial charge on any atom is -0.493 e. The van der Waals surface area contributed by atoms with Gasteiger partial charge in [0.15, 0.2) is 11.5 Å². The fraction of sp³-hybridized carbons (Fsp3) is 0.182. The molecule has 0 N–H and O–H groups in total. The molecule has 18 heavy (non-hydrogen) atoms. The second kappa shape index (κ2) is 4.74. The number of aromatic nitrogens is 2. The van der Waals surface area contributed by atoms with E-state index in [1.54, 1.807) is 23.0 Å². The molecule has 1 aromatic heterocycles. The monoisotopic (exact) mass is 249 g/mol. The van der Waals surface area contributed by atoms with Gasteiger partial charge in [-0.2, -0.15) is 0 Å². The Balaban J connectivity index is 2.66. The topological polar surface area (TPSA) is 79.4 Å². The summed E-state index contributed by atoms with van der Waals surface area (Å²) in [6.45, 7) is 0. The number of methoxy groups -OCH3 is 2. The fourth-order valence-corrected chi connectivity index (χ4v) is 1.61. The summed E-state index contributed by atoms with van der Waals surface area (Å²) in [6.07, 6.45) is 4.64. The van der Waals surface area contributed by atoms with Gasteiger partial charge in [-0.15, -0.1) is 0 Å². The lowest BCUT2D eigenvalue weighted by Gasteiger charge is -2.10. The van der Waals surface area contributed by atoms with Gasteiger partial charge in [0.2, 0.25) is 0 Å². The molecule has 1 aromatic carbocycles. The van der Waals surface area contributed by atoms with Gasteiger partial charge >= 0.3 is 0 Å². The Kier molecular flexibility index (Phi) is 3.13. The number of hydrogen-bond donors (Lipinski definition) is 0. The molecular weight excluding hydrogens is 238 g/mol. The molecule has 0 aliphatic carbocycles. The number of imidazole rings is 1.